The van der Waals surface area contributed by atoms with E-state index in [4.69, 9.17) is 131 Å². The molecule has 0 aliphatic carbocycles. The number of hydrogen-bond donors (Lipinski definition) is 16. The van der Waals surface area contributed by atoms with E-state index in [2.05, 4.69) is 16.0 Å². The first-order valence-electron chi connectivity index (χ1n) is 34.6. The minimum Gasteiger partial charge on any atom is -0.464 e. The maximum Gasteiger partial charge on any atom is 0.324 e. The molecule has 2 fully saturated rings. The van der Waals surface area contributed by atoms with Crippen molar-refractivity contribution in [2.24, 2.45) is 5.41 Å². The Hall–Kier alpha value is -0.810. The highest BCUT2D eigenvalue weighted by molar-refractivity contribution is 8.08. The lowest BCUT2D eigenvalue weighted by Crippen LogP contribution is -2.71. The first kappa shape index (κ1) is 98.4. The fraction of sp³-hybridized carbons (Fsp3) is 0.917. The predicted molar refractivity (Wildman–Crippen MR) is 388 cm³/mol. The van der Waals surface area contributed by atoms with Gasteiger partial charge < -0.3 is 165 Å². The van der Waals surface area contributed by atoms with Gasteiger partial charge in [0.2, 0.25) is 17.7 Å². The molecule has 105 heavy (non-hydrogen) atoms. The van der Waals surface area contributed by atoms with E-state index in [-0.39, 0.29) is 150 Å². The molecule has 15 unspecified atom stereocenters. The third-order valence-electron chi connectivity index (χ3n) is 16.2. The van der Waals surface area contributed by atoms with Gasteiger partial charge in [-0.1, -0.05) is 12.8 Å². The van der Waals surface area contributed by atoms with Gasteiger partial charge in [0.15, 0.2) is 17.7 Å². The molecule has 0 aromatic rings. The first-order valence-corrected chi connectivity index (χ1v) is 44.9. The highest BCUT2D eigenvalue weighted by atomic mass is 32.5. The summed E-state index contributed by atoms with van der Waals surface area (Å²) in [6.07, 6.45) is -4.16. The molecule has 3 amide bonds. The second kappa shape index (κ2) is 50.4. The van der Waals surface area contributed by atoms with Gasteiger partial charge in [0, 0.05) is 60.7 Å². The fourth-order valence-corrected chi connectivity index (χ4v) is 15.2. The maximum absolute atomic E-state index is 12.1. The highest BCUT2D eigenvalue weighted by Gasteiger charge is 2.57. The molecule has 0 aromatic carbocycles. The largest absolute Gasteiger partial charge is 0.464 e. The lowest BCUT2D eigenvalue weighted by Gasteiger charge is -2.51. The fourth-order valence-electron chi connectivity index (χ4n) is 10.8. The van der Waals surface area contributed by atoms with Gasteiger partial charge >= 0.3 is 32.8 Å². The van der Waals surface area contributed by atoms with Gasteiger partial charge in [0.05, 0.1) is 130 Å². The number of aliphatic hydroxyl groups excluding tert-OH is 8. The summed E-state index contributed by atoms with van der Waals surface area (Å²) in [7, 11) is 1.28. The molecule has 3 aliphatic rings. The minimum absolute atomic E-state index is 0.00347. The van der Waals surface area contributed by atoms with Gasteiger partial charge in [-0.05, 0) is 132 Å². The Kier molecular flexibility index (Phi) is 47.2. The average Bonchev–Trinajstić information content (AvgIpc) is 0.764. The number of nitrogens with one attached hydrogen (secondary N) is 3. The number of aliphatic hydroxyl groups is 9. The Morgan fingerprint density at radius 2 is 0.895 bits per heavy atom. The molecule has 2 saturated heterocycles. The second-order valence-electron chi connectivity index (χ2n) is 25.4. The standard InChI is InChI=1S/C60H115N3O34P4S4/c1-43(68)61-49-52(73)50(71)47(36-65)95-55(49)85-24-11-14-28-89-99(77,103)92-31-17-21-82-40-59(39-81-20-9-7-8-10-27-88-98(76,102)80-6,41-83-22-18-32-93-100(78,104)90-29-15-12-25-86-57(4)54(62-44(2)69)53(74)51(72)48(37-66)97-57)42-84-23-19-33-94-101(79,105)91-30-16-13-26-87-58(5)56(63-45(3)70)60(75,38-67)34-46(35-64)96-58/h46-48,50-54,56,64-67,71-75H,7-42H2,1-6H3,(H,61,68)(H,62,69)(H,63,70)(H,76,102)(H,77,103)(H,78,104)(H,79,105)/t46?,47?,48?,50-,51-,52?,53?,54?,56?,57?,58?,59?,60?,98?,99?,100?,101?/m0/s1. The van der Waals surface area contributed by atoms with Crippen molar-refractivity contribution in [3.05, 3.63) is 11.6 Å². The van der Waals surface area contributed by atoms with Crippen LogP contribution in [0.25, 0.3) is 0 Å². The molecule has 0 aromatic heterocycles. The van der Waals surface area contributed by atoms with Crippen molar-refractivity contribution < 1.29 is 163 Å². The number of carbonyl (C=O) groups excluding carboxylic acids is 3. The molecule has 0 saturated carbocycles. The number of unbranched alkanes of at least 4 members (excludes halogenated alkanes) is 6. The monoisotopic (exact) mass is 1670 g/mol. The Labute approximate surface area is 634 Å². The van der Waals surface area contributed by atoms with Crippen LogP contribution in [0.1, 0.15) is 125 Å². The van der Waals surface area contributed by atoms with Crippen molar-refractivity contribution in [2.45, 2.75) is 196 Å². The molecule has 3 aliphatic heterocycles. The number of hydrogen-bond acceptors (Lipinski definition) is 34. The molecule has 3 heterocycles. The van der Waals surface area contributed by atoms with Crippen molar-refractivity contribution in [1.82, 2.24) is 16.0 Å². The molecule has 37 nitrogen and oxygen atoms in total. The molecular formula is C60H115N3O34P4S4. The molecule has 3 rings (SSSR count). The molecule has 0 bridgehead atoms. The summed E-state index contributed by atoms with van der Waals surface area (Å²) < 4.78 is 103. The van der Waals surface area contributed by atoms with Crippen LogP contribution in [0.15, 0.2) is 11.6 Å². The van der Waals surface area contributed by atoms with Crippen molar-refractivity contribution in [1.29, 1.82) is 0 Å². The van der Waals surface area contributed by atoms with Crippen LogP contribution in [0.4, 0.5) is 0 Å². The van der Waals surface area contributed by atoms with E-state index in [0.717, 1.165) is 12.8 Å². The van der Waals surface area contributed by atoms with Crippen LogP contribution in [-0.4, -0.2) is 308 Å². The predicted octanol–water partition coefficient (Wildman–Crippen LogP) is 0.268. The quantitative estimate of drug-likeness (QED) is 0.0287. The third-order valence-corrected chi connectivity index (χ3v) is 22.8. The van der Waals surface area contributed by atoms with Gasteiger partial charge in [0.25, 0.3) is 0 Å². The topological polar surface area (TPSA) is 516 Å². The van der Waals surface area contributed by atoms with E-state index >= 15 is 0 Å². The molecular weight excluding hydrogens is 1560 g/mol. The van der Waals surface area contributed by atoms with Crippen molar-refractivity contribution in [3.63, 3.8) is 0 Å². The molecule has 618 valence electrons. The Morgan fingerprint density at radius 1 is 0.495 bits per heavy atom. The lowest BCUT2D eigenvalue weighted by molar-refractivity contribution is -0.327. The van der Waals surface area contributed by atoms with Gasteiger partial charge in [0.1, 0.15) is 53.9 Å². The van der Waals surface area contributed by atoms with Crippen LogP contribution in [0.2, 0.25) is 0 Å². The molecule has 45 heteroatoms. The average molecular weight is 1670 g/mol. The summed E-state index contributed by atoms with van der Waals surface area (Å²) in [6.45, 7) is -9.76. The van der Waals surface area contributed by atoms with E-state index in [9.17, 15) is 79.9 Å². The van der Waals surface area contributed by atoms with E-state index in [1.807, 2.05) is 0 Å². The Morgan fingerprint density at radius 3 is 1.31 bits per heavy atom. The number of carbonyl (C=O) groups is 3. The lowest BCUT2D eigenvalue weighted by atomic mass is 9.81. The zero-order valence-electron chi connectivity index (χ0n) is 60.5. The van der Waals surface area contributed by atoms with Crippen LogP contribution < -0.4 is 16.0 Å². The second-order valence-corrected chi connectivity index (χ2v) is 36.9. The number of rotatable bonds is 60. The van der Waals surface area contributed by atoms with Crippen LogP contribution in [0.3, 0.4) is 0 Å². The maximum atomic E-state index is 12.1. The summed E-state index contributed by atoms with van der Waals surface area (Å²) in [5, 5.41) is 99.8. The zero-order chi connectivity index (χ0) is 78.4. The van der Waals surface area contributed by atoms with Gasteiger partial charge in [-0.2, -0.15) is 0 Å². The van der Waals surface area contributed by atoms with E-state index in [1.165, 1.54) is 41.7 Å². The van der Waals surface area contributed by atoms with E-state index < -0.39 is 148 Å². The van der Waals surface area contributed by atoms with Crippen LogP contribution in [-0.2, 0) is 145 Å². The Bertz CT molecular complexity index is 2760. The molecule has 17 atom stereocenters. The van der Waals surface area contributed by atoms with Crippen molar-refractivity contribution in [3.8, 4) is 0 Å². The molecule has 16 N–H and O–H groups in total. The van der Waals surface area contributed by atoms with Crippen molar-refractivity contribution >= 4 is 91.8 Å². The normalized spacial score (nSPS) is 27.9. The van der Waals surface area contributed by atoms with Gasteiger partial charge in [-0.15, -0.1) is 0 Å². The summed E-state index contributed by atoms with van der Waals surface area (Å²) in [5.41, 5.74) is -3.04. The number of ether oxygens (including phenoxy) is 10. The van der Waals surface area contributed by atoms with Gasteiger partial charge in [-0.3, -0.25) is 14.4 Å². The third kappa shape index (κ3) is 37.8. The zero-order valence-corrected chi connectivity index (χ0v) is 67.3. The summed E-state index contributed by atoms with van der Waals surface area (Å²) in [6, 6.07) is -2.35. The first-order chi connectivity index (χ1) is 49.5. The van der Waals surface area contributed by atoms with Crippen LogP contribution in [0.5, 0.6) is 0 Å². The smallest absolute Gasteiger partial charge is 0.324 e. The SMILES string of the molecule is COP(O)(=S)OCCCCCCOCC(COCCCOP(O)(=S)OCCCCOC1=C(NC(C)=O)C(O)[C@@H](O)C(CO)O1)(COCCCOP(O)(=S)OCCCCOC1(C)OC(CO)[C@H](O)C(O)C1NC(C)=O)COCCCOP(O)(=S)OCCCCOC1(C)OC(CO)CC(O)(CO)C1NC(C)=O. The summed E-state index contributed by atoms with van der Waals surface area (Å²) >= 11 is 20.7. The van der Waals surface area contributed by atoms with Crippen LogP contribution >= 0.6 is 26.9 Å². The number of amides is 3. The van der Waals surface area contributed by atoms with Crippen LogP contribution in [0, 0.1) is 5.41 Å². The van der Waals surface area contributed by atoms with Gasteiger partial charge in [-0.25, -0.2) is 0 Å². The Balaban J connectivity index is 1.63. The van der Waals surface area contributed by atoms with E-state index in [0.29, 0.717) is 58.0 Å². The summed E-state index contributed by atoms with van der Waals surface area (Å²) in [4.78, 5) is 78.3. The molecule has 0 radical (unpaired) electrons. The minimum atomic E-state index is -3.75. The van der Waals surface area contributed by atoms with Crippen molar-refractivity contribution in [2.75, 3.05) is 152 Å². The van der Waals surface area contributed by atoms with E-state index in [1.54, 1.807) is 0 Å². The summed E-state index contributed by atoms with van der Waals surface area (Å²) in [5.74, 6) is -5.09. The highest BCUT2D eigenvalue weighted by Crippen LogP contribution is 2.47. The molecule has 0 spiro atoms.